The van der Waals surface area contributed by atoms with Gasteiger partial charge in [0.1, 0.15) is 6.33 Å². The van der Waals surface area contributed by atoms with Crippen LogP contribution in [-0.4, -0.2) is 20.7 Å². The molecule has 2 aromatic rings. The van der Waals surface area contributed by atoms with Gasteiger partial charge in [-0.3, -0.25) is 9.59 Å². The molecule has 1 aromatic carbocycles. The predicted molar refractivity (Wildman–Crippen MR) is 63.8 cm³/mol. The molecule has 0 aliphatic rings. The van der Waals surface area contributed by atoms with Crippen molar-refractivity contribution >= 4 is 21.8 Å². The van der Waals surface area contributed by atoms with Gasteiger partial charge in [-0.2, -0.15) is 10.1 Å². The average Bonchev–Trinajstić information content (AvgIpc) is 2.29. The summed E-state index contributed by atoms with van der Waals surface area (Å²) in [6.07, 6.45) is 1.23. The van der Waals surface area contributed by atoms with Crippen LogP contribution in [-0.2, 0) is 0 Å². The second kappa shape index (κ2) is 4.46. The SMILES string of the molecule is NC(=O)c1nn(-c2cccc(Br)c2)cnc1=O. The molecule has 0 spiro atoms. The van der Waals surface area contributed by atoms with Crippen LogP contribution in [0.3, 0.4) is 0 Å². The van der Waals surface area contributed by atoms with Crippen molar-refractivity contribution in [2.45, 2.75) is 0 Å². The van der Waals surface area contributed by atoms with E-state index in [0.29, 0.717) is 5.69 Å². The van der Waals surface area contributed by atoms with Gasteiger partial charge in [0.15, 0.2) is 0 Å². The van der Waals surface area contributed by atoms with E-state index >= 15 is 0 Å². The van der Waals surface area contributed by atoms with Crippen LogP contribution in [0.5, 0.6) is 0 Å². The Morgan fingerprint density at radius 1 is 1.41 bits per heavy atom. The van der Waals surface area contributed by atoms with Crippen LogP contribution in [0, 0.1) is 0 Å². The highest BCUT2D eigenvalue weighted by atomic mass is 79.9. The van der Waals surface area contributed by atoms with Gasteiger partial charge in [-0.15, -0.1) is 0 Å². The lowest BCUT2D eigenvalue weighted by Crippen LogP contribution is -2.28. The summed E-state index contributed by atoms with van der Waals surface area (Å²) in [5, 5.41) is 3.83. The smallest absolute Gasteiger partial charge is 0.304 e. The van der Waals surface area contributed by atoms with Crippen LogP contribution in [0.25, 0.3) is 5.69 Å². The maximum absolute atomic E-state index is 11.2. The molecule has 0 radical (unpaired) electrons. The highest BCUT2D eigenvalue weighted by molar-refractivity contribution is 9.10. The third-order valence-electron chi connectivity index (χ3n) is 2.00. The van der Waals surface area contributed by atoms with Gasteiger partial charge in [0, 0.05) is 4.47 Å². The lowest BCUT2D eigenvalue weighted by atomic mass is 10.3. The zero-order valence-electron chi connectivity index (χ0n) is 8.50. The highest BCUT2D eigenvalue weighted by Crippen LogP contribution is 2.13. The number of hydrogen-bond donors (Lipinski definition) is 1. The van der Waals surface area contributed by atoms with E-state index in [2.05, 4.69) is 26.0 Å². The minimum absolute atomic E-state index is 0.382. The van der Waals surface area contributed by atoms with Crippen molar-refractivity contribution in [3.63, 3.8) is 0 Å². The molecule has 0 fully saturated rings. The van der Waals surface area contributed by atoms with Crippen LogP contribution < -0.4 is 11.3 Å². The molecule has 1 aromatic heterocycles. The fraction of sp³-hybridized carbons (Fsp3) is 0. The zero-order valence-corrected chi connectivity index (χ0v) is 10.1. The Balaban J connectivity index is 2.58. The lowest BCUT2D eigenvalue weighted by molar-refractivity contribution is 0.0992. The minimum Gasteiger partial charge on any atom is -0.364 e. The quantitative estimate of drug-likeness (QED) is 0.872. The third-order valence-corrected chi connectivity index (χ3v) is 2.49. The molecule has 0 saturated heterocycles. The van der Waals surface area contributed by atoms with Gasteiger partial charge in [0.05, 0.1) is 5.69 Å². The van der Waals surface area contributed by atoms with Gasteiger partial charge in [-0.25, -0.2) is 4.68 Å². The molecule has 17 heavy (non-hydrogen) atoms. The number of rotatable bonds is 2. The second-order valence-electron chi connectivity index (χ2n) is 3.19. The van der Waals surface area contributed by atoms with Gasteiger partial charge in [-0.1, -0.05) is 22.0 Å². The van der Waals surface area contributed by atoms with Crippen molar-refractivity contribution in [1.29, 1.82) is 0 Å². The Morgan fingerprint density at radius 3 is 2.82 bits per heavy atom. The third kappa shape index (κ3) is 2.39. The molecule has 0 saturated carbocycles. The molecule has 0 unspecified atom stereocenters. The van der Waals surface area contributed by atoms with E-state index in [1.54, 1.807) is 18.2 Å². The molecule has 0 atom stereocenters. The van der Waals surface area contributed by atoms with Crippen molar-refractivity contribution in [1.82, 2.24) is 14.8 Å². The van der Waals surface area contributed by atoms with E-state index in [-0.39, 0.29) is 5.69 Å². The summed E-state index contributed by atoms with van der Waals surface area (Å²) in [5.41, 5.74) is 4.57. The number of amides is 1. The van der Waals surface area contributed by atoms with Crippen LogP contribution in [0.2, 0.25) is 0 Å². The zero-order chi connectivity index (χ0) is 12.4. The van der Waals surface area contributed by atoms with Crippen molar-refractivity contribution in [2.75, 3.05) is 0 Å². The Labute approximate surface area is 104 Å². The van der Waals surface area contributed by atoms with E-state index in [1.165, 1.54) is 11.0 Å². The molecule has 6 nitrogen and oxygen atoms in total. The van der Waals surface area contributed by atoms with Crippen molar-refractivity contribution < 1.29 is 4.79 Å². The van der Waals surface area contributed by atoms with Crippen LogP contribution >= 0.6 is 15.9 Å². The van der Waals surface area contributed by atoms with Crippen LogP contribution in [0.1, 0.15) is 10.5 Å². The topological polar surface area (TPSA) is 90.9 Å². The van der Waals surface area contributed by atoms with E-state index in [9.17, 15) is 9.59 Å². The normalized spacial score (nSPS) is 10.2. The number of hydrogen-bond acceptors (Lipinski definition) is 4. The first-order chi connectivity index (χ1) is 8.08. The molecule has 0 aliphatic carbocycles. The molecule has 2 rings (SSSR count). The Bertz CT molecular complexity index is 638. The number of benzene rings is 1. The second-order valence-corrected chi connectivity index (χ2v) is 4.10. The number of carbonyl (C=O) groups is 1. The summed E-state index contributed by atoms with van der Waals surface area (Å²) in [4.78, 5) is 25.7. The van der Waals surface area contributed by atoms with Gasteiger partial charge in [-0.05, 0) is 18.2 Å². The summed E-state index contributed by atoms with van der Waals surface area (Å²) in [5.74, 6) is -0.896. The molecular weight excluding hydrogens is 288 g/mol. The molecule has 1 heterocycles. The summed E-state index contributed by atoms with van der Waals surface area (Å²) >= 11 is 3.31. The first-order valence-electron chi connectivity index (χ1n) is 4.59. The number of aromatic nitrogens is 3. The molecule has 1 amide bonds. The Kier molecular flexibility index (Phi) is 3.01. The molecule has 0 bridgehead atoms. The molecule has 7 heteroatoms. The first-order valence-corrected chi connectivity index (χ1v) is 5.39. The lowest BCUT2D eigenvalue weighted by Gasteiger charge is -2.05. The Morgan fingerprint density at radius 2 is 2.18 bits per heavy atom. The molecular formula is C10H7BrN4O2. The van der Waals surface area contributed by atoms with E-state index in [4.69, 9.17) is 5.73 Å². The van der Waals surface area contributed by atoms with E-state index < -0.39 is 11.5 Å². The standard InChI is InChI=1S/C10H7BrN4O2/c11-6-2-1-3-7(4-6)15-5-13-10(17)8(14-15)9(12)16/h1-5H,(H2,12,16). The monoisotopic (exact) mass is 294 g/mol. The summed E-state index contributed by atoms with van der Waals surface area (Å²) in [7, 11) is 0. The maximum Gasteiger partial charge on any atom is 0.304 e. The van der Waals surface area contributed by atoms with Crippen molar-refractivity contribution in [3.05, 3.63) is 51.1 Å². The number of nitrogens with zero attached hydrogens (tertiary/aromatic N) is 3. The van der Waals surface area contributed by atoms with Gasteiger partial charge in [0.25, 0.3) is 5.91 Å². The van der Waals surface area contributed by atoms with E-state index in [0.717, 1.165) is 4.47 Å². The highest BCUT2D eigenvalue weighted by Gasteiger charge is 2.10. The van der Waals surface area contributed by atoms with Gasteiger partial charge >= 0.3 is 5.56 Å². The molecule has 86 valence electrons. The summed E-state index contributed by atoms with van der Waals surface area (Å²) < 4.78 is 2.16. The van der Waals surface area contributed by atoms with Gasteiger partial charge < -0.3 is 5.73 Å². The minimum atomic E-state index is -0.896. The summed E-state index contributed by atoms with van der Waals surface area (Å²) in [6.45, 7) is 0. The molecule has 2 N–H and O–H groups in total. The van der Waals surface area contributed by atoms with Crippen molar-refractivity contribution in [3.8, 4) is 5.69 Å². The fourth-order valence-corrected chi connectivity index (χ4v) is 1.63. The number of carbonyl (C=O) groups excluding carboxylic acids is 1. The van der Waals surface area contributed by atoms with Gasteiger partial charge in [0.2, 0.25) is 5.69 Å². The largest absolute Gasteiger partial charge is 0.364 e. The van der Waals surface area contributed by atoms with Crippen molar-refractivity contribution in [2.24, 2.45) is 5.73 Å². The number of nitrogens with two attached hydrogens (primary N) is 1. The van der Waals surface area contributed by atoms with Crippen LogP contribution in [0.15, 0.2) is 39.9 Å². The Hall–Kier alpha value is -2.02. The average molecular weight is 295 g/mol. The maximum atomic E-state index is 11.2. The summed E-state index contributed by atoms with van der Waals surface area (Å²) in [6, 6.07) is 7.16. The van der Waals surface area contributed by atoms with Crippen LogP contribution in [0.4, 0.5) is 0 Å². The number of primary amides is 1. The number of halogens is 1. The molecule has 0 aliphatic heterocycles. The first kappa shape index (κ1) is 11.5. The van der Waals surface area contributed by atoms with E-state index in [1.807, 2.05) is 6.07 Å². The predicted octanol–water partition coefficient (Wildman–Crippen LogP) is 0.489. The fourth-order valence-electron chi connectivity index (χ4n) is 1.24.